The summed E-state index contributed by atoms with van der Waals surface area (Å²) >= 11 is 1.35. The van der Waals surface area contributed by atoms with Gasteiger partial charge in [-0.1, -0.05) is 36.4 Å². The summed E-state index contributed by atoms with van der Waals surface area (Å²) in [4.78, 5) is 25.9. The molecule has 0 aliphatic carbocycles. The van der Waals surface area contributed by atoms with E-state index < -0.39 is 12.1 Å². The van der Waals surface area contributed by atoms with Crippen molar-refractivity contribution in [2.45, 2.75) is 20.0 Å². The van der Waals surface area contributed by atoms with Crippen molar-refractivity contribution >= 4 is 39.7 Å². The van der Waals surface area contributed by atoms with Gasteiger partial charge in [0.25, 0.3) is 5.91 Å². The van der Waals surface area contributed by atoms with Crippen LogP contribution in [0.15, 0.2) is 54.6 Å². The number of carbonyl (C=O) groups is 2. The summed E-state index contributed by atoms with van der Waals surface area (Å²) in [6.45, 7) is 3.48. The quantitative estimate of drug-likeness (QED) is 0.717. The number of hydrogen-bond donors (Lipinski definition) is 1. The molecule has 3 aromatic rings. The van der Waals surface area contributed by atoms with Gasteiger partial charge in [-0.3, -0.25) is 4.79 Å². The van der Waals surface area contributed by atoms with Gasteiger partial charge in [-0.2, -0.15) is 0 Å². The van der Waals surface area contributed by atoms with E-state index in [4.69, 9.17) is 4.74 Å². The number of nitrogens with one attached hydrogen (secondary N) is 1. The molecule has 0 bridgehead atoms. The number of benzene rings is 2. The van der Waals surface area contributed by atoms with Gasteiger partial charge in [0.2, 0.25) is 0 Å². The molecule has 2 aromatic carbocycles. The number of amides is 1. The first kappa shape index (κ1) is 16.2. The molecule has 1 N–H and O–H groups in total. The Morgan fingerprint density at radius 1 is 1.04 bits per heavy atom. The summed E-state index contributed by atoms with van der Waals surface area (Å²) in [5.41, 5.74) is 0.702. The van der Waals surface area contributed by atoms with Crippen LogP contribution in [0.1, 0.15) is 21.5 Å². The number of ether oxygens (including phenoxy) is 1. The standard InChI is InChI=1S/C19H17NO3S/c1-12-10-11-17(24-12)19(22)23-13(2)18(21)20-16-9-5-7-14-6-3-4-8-15(14)16/h3-11,13H,1-2H3,(H,20,21)/t13-/m1/s1. The normalized spacial score (nSPS) is 11.9. The van der Waals surface area contributed by atoms with Crippen LogP contribution in [0.2, 0.25) is 0 Å². The third-order valence-electron chi connectivity index (χ3n) is 3.64. The van der Waals surface area contributed by atoms with Crippen LogP contribution < -0.4 is 5.32 Å². The highest BCUT2D eigenvalue weighted by molar-refractivity contribution is 7.13. The molecule has 0 fully saturated rings. The Labute approximate surface area is 144 Å². The Balaban J connectivity index is 1.71. The highest BCUT2D eigenvalue weighted by Gasteiger charge is 2.20. The fourth-order valence-corrected chi connectivity index (χ4v) is 3.14. The van der Waals surface area contributed by atoms with E-state index in [0.717, 1.165) is 15.6 Å². The fourth-order valence-electron chi connectivity index (χ4n) is 2.39. The monoisotopic (exact) mass is 339 g/mol. The van der Waals surface area contributed by atoms with Gasteiger partial charge >= 0.3 is 5.97 Å². The molecule has 1 heterocycles. The van der Waals surface area contributed by atoms with Crippen molar-refractivity contribution < 1.29 is 14.3 Å². The topological polar surface area (TPSA) is 55.4 Å². The molecule has 0 spiro atoms. The zero-order chi connectivity index (χ0) is 17.1. The van der Waals surface area contributed by atoms with Crippen LogP contribution in [-0.2, 0) is 9.53 Å². The van der Waals surface area contributed by atoms with E-state index in [1.54, 1.807) is 13.0 Å². The number of aryl methyl sites for hydroxylation is 1. The van der Waals surface area contributed by atoms with Gasteiger partial charge in [0, 0.05) is 16.0 Å². The molecule has 0 saturated heterocycles. The van der Waals surface area contributed by atoms with Crippen molar-refractivity contribution in [3.63, 3.8) is 0 Å². The van der Waals surface area contributed by atoms with Crippen LogP contribution >= 0.6 is 11.3 Å². The van der Waals surface area contributed by atoms with Crippen LogP contribution in [0.25, 0.3) is 10.8 Å². The lowest BCUT2D eigenvalue weighted by molar-refractivity contribution is -0.123. The fraction of sp³-hybridized carbons (Fsp3) is 0.158. The molecular formula is C19H17NO3S. The molecule has 0 unspecified atom stereocenters. The Hall–Kier alpha value is -2.66. The molecular weight excluding hydrogens is 322 g/mol. The SMILES string of the molecule is Cc1ccc(C(=O)O[C@H](C)C(=O)Nc2cccc3ccccc23)s1. The minimum absolute atomic E-state index is 0.354. The van der Waals surface area contributed by atoms with Crippen LogP contribution in [0.4, 0.5) is 5.69 Å². The predicted molar refractivity (Wildman–Crippen MR) is 96.5 cm³/mol. The Morgan fingerprint density at radius 2 is 1.79 bits per heavy atom. The van der Waals surface area contributed by atoms with Gasteiger partial charge in [0.15, 0.2) is 6.10 Å². The van der Waals surface area contributed by atoms with Gasteiger partial charge < -0.3 is 10.1 Å². The summed E-state index contributed by atoms with van der Waals surface area (Å²) in [5, 5.41) is 4.82. The first-order valence-electron chi connectivity index (χ1n) is 7.60. The maximum atomic E-state index is 12.3. The zero-order valence-electron chi connectivity index (χ0n) is 13.4. The molecule has 0 aliphatic rings. The van der Waals surface area contributed by atoms with Gasteiger partial charge in [0.05, 0.1) is 0 Å². The molecule has 1 atom stereocenters. The largest absolute Gasteiger partial charge is 0.448 e. The smallest absolute Gasteiger partial charge is 0.349 e. The Morgan fingerprint density at radius 3 is 2.54 bits per heavy atom. The second kappa shape index (κ2) is 6.84. The second-order valence-electron chi connectivity index (χ2n) is 5.47. The number of hydrogen-bond acceptors (Lipinski definition) is 4. The van der Waals surface area contributed by atoms with Crippen LogP contribution in [0, 0.1) is 6.92 Å². The molecule has 0 radical (unpaired) electrons. The maximum Gasteiger partial charge on any atom is 0.349 e. The van der Waals surface area contributed by atoms with Crippen LogP contribution in [-0.4, -0.2) is 18.0 Å². The number of anilines is 1. The number of fused-ring (bicyclic) bond motifs is 1. The maximum absolute atomic E-state index is 12.3. The van der Waals surface area contributed by atoms with Crippen molar-refractivity contribution in [3.05, 3.63) is 64.4 Å². The molecule has 1 aromatic heterocycles. The third-order valence-corrected chi connectivity index (χ3v) is 4.62. The summed E-state index contributed by atoms with van der Waals surface area (Å²) < 4.78 is 5.26. The summed E-state index contributed by atoms with van der Waals surface area (Å²) in [5.74, 6) is -0.832. The van der Waals surface area contributed by atoms with Gasteiger partial charge in [-0.15, -0.1) is 11.3 Å². The van der Waals surface area contributed by atoms with E-state index in [1.807, 2.05) is 55.5 Å². The first-order chi connectivity index (χ1) is 11.5. The minimum Gasteiger partial charge on any atom is -0.448 e. The highest BCUT2D eigenvalue weighted by atomic mass is 32.1. The lowest BCUT2D eigenvalue weighted by Crippen LogP contribution is -2.29. The molecule has 1 amide bonds. The summed E-state index contributed by atoms with van der Waals surface area (Å²) in [6.07, 6.45) is -0.876. The number of thiophene rings is 1. The molecule has 3 rings (SSSR count). The third kappa shape index (κ3) is 3.46. The highest BCUT2D eigenvalue weighted by Crippen LogP contribution is 2.23. The lowest BCUT2D eigenvalue weighted by atomic mass is 10.1. The van der Waals surface area contributed by atoms with E-state index in [9.17, 15) is 9.59 Å². The first-order valence-corrected chi connectivity index (χ1v) is 8.42. The molecule has 122 valence electrons. The average Bonchev–Trinajstić information content (AvgIpc) is 3.01. The number of rotatable bonds is 4. The molecule has 0 saturated carbocycles. The number of esters is 1. The summed E-state index contributed by atoms with van der Waals surface area (Å²) in [7, 11) is 0. The zero-order valence-corrected chi connectivity index (χ0v) is 14.2. The van der Waals surface area contributed by atoms with Crippen molar-refractivity contribution in [2.75, 3.05) is 5.32 Å². The average molecular weight is 339 g/mol. The van der Waals surface area contributed by atoms with Gasteiger partial charge in [-0.25, -0.2) is 4.79 Å². The van der Waals surface area contributed by atoms with E-state index >= 15 is 0 Å². The second-order valence-corrected chi connectivity index (χ2v) is 6.76. The molecule has 0 aliphatic heterocycles. The van der Waals surface area contributed by atoms with Crippen molar-refractivity contribution in [3.8, 4) is 0 Å². The summed E-state index contributed by atoms with van der Waals surface area (Å²) in [6, 6.07) is 17.0. The van der Waals surface area contributed by atoms with E-state index in [2.05, 4.69) is 5.32 Å². The van der Waals surface area contributed by atoms with Crippen LogP contribution in [0.3, 0.4) is 0 Å². The van der Waals surface area contributed by atoms with E-state index in [-0.39, 0.29) is 5.91 Å². The minimum atomic E-state index is -0.876. The Kier molecular flexibility index (Phi) is 4.62. The molecule has 5 heteroatoms. The van der Waals surface area contributed by atoms with Crippen molar-refractivity contribution in [1.82, 2.24) is 0 Å². The Bertz CT molecular complexity index is 895. The van der Waals surface area contributed by atoms with Crippen LogP contribution in [0.5, 0.6) is 0 Å². The van der Waals surface area contributed by atoms with E-state index in [0.29, 0.717) is 10.6 Å². The molecule has 4 nitrogen and oxygen atoms in total. The van der Waals surface area contributed by atoms with Crippen molar-refractivity contribution in [2.24, 2.45) is 0 Å². The molecule has 24 heavy (non-hydrogen) atoms. The van der Waals surface area contributed by atoms with Gasteiger partial charge in [0.1, 0.15) is 4.88 Å². The van der Waals surface area contributed by atoms with E-state index in [1.165, 1.54) is 11.3 Å². The number of carbonyl (C=O) groups excluding carboxylic acids is 2. The van der Waals surface area contributed by atoms with Gasteiger partial charge in [-0.05, 0) is 37.4 Å². The van der Waals surface area contributed by atoms with Crippen molar-refractivity contribution in [1.29, 1.82) is 0 Å². The lowest BCUT2D eigenvalue weighted by Gasteiger charge is -2.14. The predicted octanol–water partition coefficient (Wildman–Crippen LogP) is 4.39.